The van der Waals surface area contributed by atoms with E-state index in [0.717, 1.165) is 39.0 Å². The molecule has 3 aliphatic carbocycles. The van der Waals surface area contributed by atoms with Gasteiger partial charge in [-0.25, -0.2) is 0 Å². The van der Waals surface area contributed by atoms with Crippen LogP contribution in [0.15, 0.2) is 229 Å². The van der Waals surface area contributed by atoms with Crippen LogP contribution in [0.1, 0.15) is 47.2 Å². The molecule has 10 aromatic carbocycles. The molecule has 0 unspecified atom stereocenters. The molecular formula is C64H43NO. The number of nitrogens with zero attached hydrogens (tertiary/aromatic N) is 1. The minimum Gasteiger partial charge on any atom is -0.456 e. The Labute approximate surface area is 384 Å². The normalized spacial score (nSPS) is 14.2. The van der Waals surface area contributed by atoms with E-state index in [4.69, 9.17) is 4.42 Å². The highest BCUT2D eigenvalue weighted by atomic mass is 16.3. The Morgan fingerprint density at radius 1 is 0.333 bits per heavy atom. The fourth-order valence-corrected chi connectivity index (χ4v) is 12.3. The fourth-order valence-electron chi connectivity index (χ4n) is 12.3. The number of hydrogen-bond acceptors (Lipinski definition) is 2. The maximum atomic E-state index is 6.70. The first-order chi connectivity index (χ1) is 32.5. The predicted octanol–water partition coefficient (Wildman–Crippen LogP) is 17.0. The highest BCUT2D eigenvalue weighted by Gasteiger charge is 2.52. The molecule has 0 saturated heterocycles. The molecule has 0 bridgehead atoms. The van der Waals surface area contributed by atoms with Gasteiger partial charge in [0.2, 0.25) is 0 Å². The van der Waals surface area contributed by atoms with Crippen LogP contribution in [0.3, 0.4) is 0 Å². The third kappa shape index (κ3) is 4.91. The summed E-state index contributed by atoms with van der Waals surface area (Å²) in [6.07, 6.45) is 0. The van der Waals surface area contributed by atoms with Crippen LogP contribution in [0.4, 0.5) is 17.1 Å². The number of rotatable bonds is 5. The van der Waals surface area contributed by atoms with Crippen LogP contribution in [0.25, 0.3) is 77.6 Å². The van der Waals surface area contributed by atoms with Crippen molar-refractivity contribution >= 4 is 39.0 Å². The molecule has 66 heavy (non-hydrogen) atoms. The summed E-state index contributed by atoms with van der Waals surface area (Å²) in [5.41, 5.74) is 24.8. The average molecular weight is 842 g/mol. The Hall–Kier alpha value is -8.20. The van der Waals surface area contributed by atoms with E-state index in [0.29, 0.717) is 0 Å². The number of furan rings is 1. The van der Waals surface area contributed by atoms with E-state index in [1.54, 1.807) is 0 Å². The van der Waals surface area contributed by atoms with Crippen molar-refractivity contribution in [1.29, 1.82) is 0 Å². The van der Waals surface area contributed by atoms with Crippen molar-refractivity contribution in [3.63, 3.8) is 0 Å². The molecule has 0 fully saturated rings. The van der Waals surface area contributed by atoms with E-state index < -0.39 is 5.41 Å². The van der Waals surface area contributed by atoms with Crippen molar-refractivity contribution < 1.29 is 4.42 Å². The summed E-state index contributed by atoms with van der Waals surface area (Å²) in [5.74, 6) is 0. The minimum atomic E-state index is -0.487. The van der Waals surface area contributed by atoms with Crippen LogP contribution < -0.4 is 4.90 Å². The lowest BCUT2D eigenvalue weighted by Crippen LogP contribution is -2.26. The van der Waals surface area contributed by atoms with Crippen molar-refractivity contribution in [2.45, 2.75) is 24.7 Å². The standard InChI is InChI=1S/C64H43NO/c1-63(2)51-26-11-6-20-44(51)47-36-34-41(38-56(47)63)61-43(40-18-4-3-5-19-40)25-16-31-57(61)65(42-35-37-49-48-23-10-15-33-59(48)66-60(49)39-42)58-32-17-30-55-62(58)50-24-9-14-29-54(50)64(55)52-27-12-7-21-45(52)46-22-8-13-28-53(46)64/h3-39H,1-2H3. The molecule has 14 rings (SSSR count). The lowest BCUT2D eigenvalue weighted by molar-refractivity contribution is 0.660. The van der Waals surface area contributed by atoms with Crippen LogP contribution in [-0.4, -0.2) is 0 Å². The molecule has 1 spiro atoms. The number of para-hydroxylation sites is 1. The average Bonchev–Trinajstić information content (AvgIpc) is 4.06. The summed E-state index contributed by atoms with van der Waals surface area (Å²) in [7, 11) is 0. The van der Waals surface area contributed by atoms with Gasteiger partial charge in [-0.05, 0) is 114 Å². The molecule has 2 heteroatoms. The topological polar surface area (TPSA) is 16.4 Å². The van der Waals surface area contributed by atoms with E-state index in [-0.39, 0.29) is 5.41 Å². The van der Waals surface area contributed by atoms with Gasteiger partial charge in [0, 0.05) is 39.1 Å². The monoisotopic (exact) mass is 841 g/mol. The number of fused-ring (bicyclic) bond motifs is 16. The molecule has 11 aromatic rings. The third-order valence-electron chi connectivity index (χ3n) is 15.1. The summed E-state index contributed by atoms with van der Waals surface area (Å²) in [6.45, 7) is 4.75. The molecule has 0 amide bonds. The zero-order valence-electron chi connectivity index (χ0n) is 36.7. The van der Waals surface area contributed by atoms with Crippen molar-refractivity contribution in [3.8, 4) is 55.6 Å². The van der Waals surface area contributed by atoms with Gasteiger partial charge in [-0.15, -0.1) is 0 Å². The molecule has 0 aliphatic heterocycles. The molecular weight excluding hydrogens is 799 g/mol. The van der Waals surface area contributed by atoms with Gasteiger partial charge in [-0.3, -0.25) is 0 Å². The van der Waals surface area contributed by atoms with Crippen LogP contribution in [0.2, 0.25) is 0 Å². The zero-order valence-corrected chi connectivity index (χ0v) is 36.7. The SMILES string of the molecule is CC1(C)c2ccccc2-c2ccc(-c3c(-c4ccccc4)cccc3N(c3ccc4c(c3)oc3ccccc34)c3cccc4c3-c3ccccc3C43c4ccccc4-c4ccccc43)cc21. The summed E-state index contributed by atoms with van der Waals surface area (Å²) in [5, 5.41) is 2.23. The summed E-state index contributed by atoms with van der Waals surface area (Å²) >= 11 is 0. The Morgan fingerprint density at radius 2 is 0.864 bits per heavy atom. The van der Waals surface area contributed by atoms with Crippen LogP contribution in [0, 0.1) is 0 Å². The van der Waals surface area contributed by atoms with Crippen LogP contribution >= 0.6 is 0 Å². The van der Waals surface area contributed by atoms with E-state index in [1.807, 2.05) is 0 Å². The Kier molecular flexibility index (Phi) is 7.70. The first-order valence-electron chi connectivity index (χ1n) is 23.1. The molecule has 1 aromatic heterocycles. The number of benzene rings is 10. The van der Waals surface area contributed by atoms with Gasteiger partial charge in [0.05, 0.1) is 16.8 Å². The van der Waals surface area contributed by atoms with Crippen LogP contribution in [0.5, 0.6) is 0 Å². The van der Waals surface area contributed by atoms with Crippen molar-refractivity contribution in [2.24, 2.45) is 0 Å². The molecule has 0 atom stereocenters. The van der Waals surface area contributed by atoms with Gasteiger partial charge >= 0.3 is 0 Å². The molecule has 0 N–H and O–H groups in total. The molecule has 0 radical (unpaired) electrons. The van der Waals surface area contributed by atoms with Gasteiger partial charge < -0.3 is 9.32 Å². The second-order valence-corrected chi connectivity index (χ2v) is 18.7. The second-order valence-electron chi connectivity index (χ2n) is 18.7. The highest BCUT2D eigenvalue weighted by Crippen LogP contribution is 2.65. The van der Waals surface area contributed by atoms with E-state index in [1.165, 1.54) is 89.0 Å². The fraction of sp³-hybridized carbons (Fsp3) is 0.0625. The number of anilines is 3. The molecule has 1 heterocycles. The first-order valence-corrected chi connectivity index (χ1v) is 23.1. The molecule has 310 valence electrons. The summed E-state index contributed by atoms with van der Waals surface area (Å²) < 4.78 is 6.70. The van der Waals surface area contributed by atoms with Gasteiger partial charge in [-0.1, -0.05) is 196 Å². The summed E-state index contributed by atoms with van der Waals surface area (Å²) in [6, 6.07) is 83.3. The maximum Gasteiger partial charge on any atom is 0.137 e. The van der Waals surface area contributed by atoms with Gasteiger partial charge in [0.25, 0.3) is 0 Å². The minimum absolute atomic E-state index is 0.165. The van der Waals surface area contributed by atoms with Crippen molar-refractivity contribution in [2.75, 3.05) is 4.90 Å². The van der Waals surface area contributed by atoms with Gasteiger partial charge in [0.1, 0.15) is 11.2 Å². The third-order valence-corrected chi connectivity index (χ3v) is 15.1. The molecule has 2 nitrogen and oxygen atoms in total. The lowest BCUT2D eigenvalue weighted by atomic mass is 9.70. The van der Waals surface area contributed by atoms with Gasteiger partial charge in [-0.2, -0.15) is 0 Å². The van der Waals surface area contributed by atoms with E-state index in [9.17, 15) is 0 Å². The van der Waals surface area contributed by atoms with E-state index in [2.05, 4.69) is 243 Å². The Bertz CT molecular complexity index is 3770. The zero-order chi connectivity index (χ0) is 43.7. The highest BCUT2D eigenvalue weighted by molar-refractivity contribution is 6.08. The van der Waals surface area contributed by atoms with Crippen molar-refractivity contribution in [1.82, 2.24) is 0 Å². The van der Waals surface area contributed by atoms with E-state index >= 15 is 0 Å². The molecule has 0 saturated carbocycles. The maximum absolute atomic E-state index is 6.70. The van der Waals surface area contributed by atoms with Gasteiger partial charge in [0.15, 0.2) is 0 Å². The predicted molar refractivity (Wildman–Crippen MR) is 273 cm³/mol. The number of hydrogen-bond donors (Lipinski definition) is 0. The lowest BCUT2D eigenvalue weighted by Gasteiger charge is -2.33. The van der Waals surface area contributed by atoms with Crippen molar-refractivity contribution in [3.05, 3.63) is 258 Å². The first kappa shape index (κ1) is 37.2. The summed E-state index contributed by atoms with van der Waals surface area (Å²) in [4.78, 5) is 2.53. The van der Waals surface area contributed by atoms with Crippen LogP contribution in [-0.2, 0) is 10.8 Å². The smallest absolute Gasteiger partial charge is 0.137 e. The largest absolute Gasteiger partial charge is 0.456 e. The second kappa shape index (κ2) is 13.7. The quantitative estimate of drug-likeness (QED) is 0.172. The Morgan fingerprint density at radius 3 is 1.61 bits per heavy atom. The Balaban J connectivity index is 1.09. The molecule has 3 aliphatic rings.